The molecule has 0 saturated heterocycles. The average molecular weight is 229 g/mol. The topological polar surface area (TPSA) is 48.7 Å². The summed E-state index contributed by atoms with van der Waals surface area (Å²) >= 11 is 0. The molecule has 0 spiro atoms. The number of nitrogens with one attached hydrogen (secondary N) is 1. The highest BCUT2D eigenvalue weighted by atomic mass is 14.9. The van der Waals surface area contributed by atoms with Gasteiger partial charge in [-0.05, 0) is 38.7 Å². The van der Waals surface area contributed by atoms with Gasteiger partial charge in [-0.25, -0.2) is 0 Å². The van der Waals surface area contributed by atoms with Crippen molar-refractivity contribution in [1.82, 2.24) is 4.98 Å². The van der Waals surface area contributed by atoms with E-state index in [1.807, 2.05) is 19.9 Å². The molecule has 1 saturated carbocycles. The maximum Gasteiger partial charge on any atom is 0.103 e. The fraction of sp³-hybridized carbons (Fsp3) is 0.571. The zero-order valence-corrected chi connectivity index (χ0v) is 10.6. The van der Waals surface area contributed by atoms with Gasteiger partial charge in [0.05, 0.1) is 16.9 Å². The minimum atomic E-state index is 0.682. The summed E-state index contributed by atoms with van der Waals surface area (Å²) in [6.07, 6.45) is 5.34. The van der Waals surface area contributed by atoms with E-state index in [1.165, 1.54) is 25.7 Å². The summed E-state index contributed by atoms with van der Waals surface area (Å²) in [6, 6.07) is 4.19. The maximum absolute atomic E-state index is 9.11. The molecular weight excluding hydrogens is 210 g/mol. The van der Waals surface area contributed by atoms with Crippen LogP contribution in [0.4, 0.5) is 5.69 Å². The first-order chi connectivity index (χ1) is 8.20. The van der Waals surface area contributed by atoms with Gasteiger partial charge < -0.3 is 5.32 Å². The van der Waals surface area contributed by atoms with Gasteiger partial charge in [-0.2, -0.15) is 5.26 Å². The number of nitrogens with zero attached hydrogens (tertiary/aromatic N) is 2. The molecule has 17 heavy (non-hydrogen) atoms. The Morgan fingerprint density at radius 2 is 2.24 bits per heavy atom. The molecule has 1 aliphatic rings. The molecule has 3 heteroatoms. The van der Waals surface area contributed by atoms with Crippen LogP contribution in [0.5, 0.6) is 0 Å². The van der Waals surface area contributed by atoms with Crippen LogP contribution >= 0.6 is 0 Å². The molecule has 1 N–H and O–H groups in total. The van der Waals surface area contributed by atoms with E-state index in [4.69, 9.17) is 5.26 Å². The largest absolute Gasteiger partial charge is 0.384 e. The number of aryl methyl sites for hydroxylation is 2. The Kier molecular flexibility index (Phi) is 3.63. The number of hydrogen-bond acceptors (Lipinski definition) is 3. The predicted molar refractivity (Wildman–Crippen MR) is 68.9 cm³/mol. The van der Waals surface area contributed by atoms with Crippen LogP contribution in [0.25, 0.3) is 0 Å². The van der Waals surface area contributed by atoms with E-state index in [0.29, 0.717) is 5.56 Å². The van der Waals surface area contributed by atoms with E-state index in [9.17, 15) is 0 Å². The predicted octanol–water partition coefficient (Wildman–Crippen LogP) is 3.17. The van der Waals surface area contributed by atoms with Crippen LogP contribution in [-0.4, -0.2) is 11.5 Å². The molecule has 1 aromatic heterocycles. The third kappa shape index (κ3) is 3.20. The average Bonchev–Trinajstić information content (AvgIpc) is 3.07. The number of nitriles is 1. The Morgan fingerprint density at radius 1 is 1.47 bits per heavy atom. The van der Waals surface area contributed by atoms with Gasteiger partial charge in [0.15, 0.2) is 0 Å². The fourth-order valence-corrected chi connectivity index (χ4v) is 2.13. The van der Waals surface area contributed by atoms with Gasteiger partial charge in [0.1, 0.15) is 6.07 Å². The molecule has 1 heterocycles. The van der Waals surface area contributed by atoms with Crippen molar-refractivity contribution in [2.45, 2.75) is 39.5 Å². The Hall–Kier alpha value is -1.56. The van der Waals surface area contributed by atoms with Crippen molar-refractivity contribution in [3.05, 3.63) is 23.0 Å². The lowest BCUT2D eigenvalue weighted by molar-refractivity contribution is 0.687. The lowest BCUT2D eigenvalue weighted by atomic mass is 10.1. The second-order valence-electron chi connectivity index (χ2n) is 4.90. The molecule has 0 aliphatic heterocycles. The molecule has 90 valence electrons. The smallest absolute Gasteiger partial charge is 0.103 e. The van der Waals surface area contributed by atoms with Crippen molar-refractivity contribution < 1.29 is 0 Å². The molecule has 0 amide bonds. The number of pyridine rings is 1. The van der Waals surface area contributed by atoms with Crippen molar-refractivity contribution in [2.24, 2.45) is 5.92 Å². The molecular formula is C14H19N3. The molecule has 1 aromatic rings. The Morgan fingerprint density at radius 3 is 2.88 bits per heavy atom. The van der Waals surface area contributed by atoms with Crippen LogP contribution < -0.4 is 5.32 Å². The summed E-state index contributed by atoms with van der Waals surface area (Å²) in [5, 5.41) is 12.5. The van der Waals surface area contributed by atoms with Crippen LogP contribution in [0.15, 0.2) is 6.07 Å². The second-order valence-corrected chi connectivity index (χ2v) is 4.90. The van der Waals surface area contributed by atoms with Crippen LogP contribution in [0.3, 0.4) is 0 Å². The first kappa shape index (κ1) is 11.9. The highest BCUT2D eigenvalue weighted by molar-refractivity contribution is 5.59. The number of anilines is 1. The van der Waals surface area contributed by atoms with Crippen molar-refractivity contribution >= 4 is 5.69 Å². The van der Waals surface area contributed by atoms with Crippen LogP contribution in [0, 0.1) is 31.1 Å². The molecule has 3 nitrogen and oxygen atoms in total. The van der Waals surface area contributed by atoms with Gasteiger partial charge in [-0.1, -0.05) is 12.8 Å². The van der Waals surface area contributed by atoms with Gasteiger partial charge in [0, 0.05) is 12.2 Å². The van der Waals surface area contributed by atoms with Crippen molar-refractivity contribution in [3.8, 4) is 6.07 Å². The van der Waals surface area contributed by atoms with Gasteiger partial charge in [-0.15, -0.1) is 0 Å². The highest BCUT2D eigenvalue weighted by Gasteiger charge is 2.20. The molecule has 0 aromatic carbocycles. The Bertz CT molecular complexity index is 442. The maximum atomic E-state index is 9.11. The van der Waals surface area contributed by atoms with E-state index in [1.54, 1.807) is 0 Å². The lowest BCUT2D eigenvalue weighted by Gasteiger charge is -2.10. The van der Waals surface area contributed by atoms with E-state index < -0.39 is 0 Å². The van der Waals surface area contributed by atoms with Crippen molar-refractivity contribution in [1.29, 1.82) is 5.26 Å². The molecule has 0 bridgehead atoms. The zero-order valence-electron chi connectivity index (χ0n) is 10.6. The summed E-state index contributed by atoms with van der Waals surface area (Å²) in [4.78, 5) is 4.31. The summed E-state index contributed by atoms with van der Waals surface area (Å²) in [5.74, 6) is 0.980. The first-order valence-corrected chi connectivity index (χ1v) is 6.33. The van der Waals surface area contributed by atoms with E-state index in [2.05, 4.69) is 16.4 Å². The lowest BCUT2D eigenvalue weighted by Crippen LogP contribution is -2.06. The third-order valence-electron chi connectivity index (χ3n) is 3.24. The normalized spacial score (nSPS) is 14.4. The Balaban J connectivity index is 1.95. The molecule has 0 unspecified atom stereocenters. The van der Waals surface area contributed by atoms with Gasteiger partial charge in [0.25, 0.3) is 0 Å². The minimum Gasteiger partial charge on any atom is -0.384 e. The quantitative estimate of drug-likeness (QED) is 0.789. The Labute approximate surface area is 103 Å². The van der Waals surface area contributed by atoms with Crippen LogP contribution in [0.1, 0.15) is 42.6 Å². The monoisotopic (exact) mass is 229 g/mol. The second kappa shape index (κ2) is 5.18. The van der Waals surface area contributed by atoms with Gasteiger partial charge >= 0.3 is 0 Å². The van der Waals surface area contributed by atoms with Gasteiger partial charge in [-0.3, -0.25) is 4.98 Å². The molecule has 2 rings (SSSR count). The fourth-order valence-electron chi connectivity index (χ4n) is 2.13. The highest BCUT2D eigenvalue weighted by Crippen LogP contribution is 2.33. The van der Waals surface area contributed by atoms with E-state index in [0.717, 1.165) is 29.5 Å². The zero-order chi connectivity index (χ0) is 12.3. The summed E-state index contributed by atoms with van der Waals surface area (Å²) < 4.78 is 0. The van der Waals surface area contributed by atoms with Gasteiger partial charge in [0.2, 0.25) is 0 Å². The number of aromatic nitrogens is 1. The number of hydrogen-bond donors (Lipinski definition) is 1. The van der Waals surface area contributed by atoms with Crippen LogP contribution in [0.2, 0.25) is 0 Å². The number of rotatable bonds is 5. The third-order valence-corrected chi connectivity index (χ3v) is 3.24. The SMILES string of the molecule is Cc1cc(NCCCC2CC2)c(C#N)c(C)n1. The molecule has 1 fully saturated rings. The van der Waals surface area contributed by atoms with E-state index >= 15 is 0 Å². The summed E-state index contributed by atoms with van der Waals surface area (Å²) in [5.41, 5.74) is 3.40. The molecule has 0 radical (unpaired) electrons. The van der Waals surface area contributed by atoms with Crippen molar-refractivity contribution in [2.75, 3.05) is 11.9 Å². The molecule has 1 aliphatic carbocycles. The molecule has 0 atom stereocenters. The summed E-state index contributed by atoms with van der Waals surface area (Å²) in [7, 11) is 0. The minimum absolute atomic E-state index is 0.682. The standard InChI is InChI=1S/C14H19N3/c1-10-8-14(13(9-15)11(2)17-10)16-7-3-4-12-5-6-12/h8,12H,3-7H2,1-2H3,(H,16,17). The van der Waals surface area contributed by atoms with Crippen LogP contribution in [-0.2, 0) is 0 Å². The first-order valence-electron chi connectivity index (χ1n) is 6.33. The summed E-state index contributed by atoms with van der Waals surface area (Å²) in [6.45, 7) is 4.80. The van der Waals surface area contributed by atoms with E-state index in [-0.39, 0.29) is 0 Å². The van der Waals surface area contributed by atoms with Crippen molar-refractivity contribution in [3.63, 3.8) is 0 Å².